The highest BCUT2D eigenvalue weighted by atomic mass is 35.5. The molecule has 0 radical (unpaired) electrons. The Morgan fingerprint density at radius 2 is 1.90 bits per heavy atom. The van der Waals surface area contributed by atoms with Crippen LogP contribution in [0.25, 0.3) is 11.4 Å². The van der Waals surface area contributed by atoms with E-state index in [0.717, 1.165) is 0 Å². The van der Waals surface area contributed by atoms with Gasteiger partial charge in [-0.1, -0.05) is 16.8 Å². The molecule has 1 aromatic heterocycles. The van der Waals surface area contributed by atoms with E-state index in [1.54, 1.807) is 37.3 Å². The second-order valence-corrected chi connectivity index (χ2v) is 6.97. The molecule has 1 saturated heterocycles. The van der Waals surface area contributed by atoms with Gasteiger partial charge in [-0.3, -0.25) is 4.79 Å². The number of benzene rings is 2. The molecule has 1 amide bonds. The first-order valence-electron chi connectivity index (χ1n) is 8.81. The molecule has 7 nitrogen and oxygen atoms in total. The molecule has 1 atom stereocenters. The van der Waals surface area contributed by atoms with Crippen molar-refractivity contribution in [3.63, 3.8) is 0 Å². The lowest BCUT2D eigenvalue weighted by Gasteiger charge is -2.18. The van der Waals surface area contributed by atoms with Crippen molar-refractivity contribution in [3.05, 3.63) is 53.1 Å². The molecule has 0 bridgehead atoms. The minimum absolute atomic E-state index is 0.0250. The van der Waals surface area contributed by atoms with Gasteiger partial charge >= 0.3 is 0 Å². The fraction of sp³-hybridized carbons (Fsp3) is 0.250. The van der Waals surface area contributed by atoms with Crippen LogP contribution in [0.2, 0.25) is 5.02 Å². The first-order valence-corrected chi connectivity index (χ1v) is 9.18. The number of nitrogens with zero attached hydrogens (tertiary/aromatic N) is 3. The molecule has 1 unspecified atom stereocenters. The molecule has 2 heterocycles. The Kier molecular flexibility index (Phi) is 5.10. The van der Waals surface area contributed by atoms with Crippen molar-refractivity contribution in [3.8, 4) is 22.9 Å². The Bertz CT molecular complexity index is 1050. The number of aromatic nitrogens is 2. The van der Waals surface area contributed by atoms with Crippen molar-refractivity contribution in [2.75, 3.05) is 25.7 Å². The Morgan fingerprint density at radius 1 is 1.17 bits per heavy atom. The maximum absolute atomic E-state index is 13.4. The lowest BCUT2D eigenvalue weighted by molar-refractivity contribution is -0.117. The summed E-state index contributed by atoms with van der Waals surface area (Å²) >= 11 is 5.82. The molecule has 1 aliphatic rings. The number of hydrogen-bond acceptors (Lipinski definition) is 6. The number of methoxy groups -OCH3 is 2. The fourth-order valence-electron chi connectivity index (χ4n) is 3.22. The first kappa shape index (κ1) is 19.2. The van der Waals surface area contributed by atoms with E-state index in [1.807, 2.05) is 0 Å². The summed E-state index contributed by atoms with van der Waals surface area (Å²) in [6.45, 7) is 0.376. The highest BCUT2D eigenvalue weighted by Gasteiger charge is 2.35. The fourth-order valence-corrected chi connectivity index (χ4v) is 3.40. The van der Waals surface area contributed by atoms with Crippen molar-refractivity contribution >= 4 is 23.2 Å². The predicted molar refractivity (Wildman–Crippen MR) is 104 cm³/mol. The van der Waals surface area contributed by atoms with Crippen LogP contribution in [-0.4, -0.2) is 36.8 Å². The van der Waals surface area contributed by atoms with E-state index in [-0.39, 0.29) is 29.1 Å². The van der Waals surface area contributed by atoms with Gasteiger partial charge in [-0.2, -0.15) is 4.98 Å². The van der Waals surface area contributed by atoms with Gasteiger partial charge in [0, 0.05) is 36.7 Å². The molecule has 0 N–H and O–H groups in total. The Labute approximate surface area is 171 Å². The lowest BCUT2D eigenvalue weighted by Crippen LogP contribution is -2.24. The van der Waals surface area contributed by atoms with Crippen LogP contribution in [0.1, 0.15) is 18.2 Å². The molecule has 1 fully saturated rings. The normalized spacial score (nSPS) is 16.3. The van der Waals surface area contributed by atoms with Gasteiger partial charge in [-0.15, -0.1) is 0 Å². The Morgan fingerprint density at radius 3 is 2.55 bits per heavy atom. The van der Waals surface area contributed by atoms with Gasteiger partial charge < -0.3 is 18.9 Å². The van der Waals surface area contributed by atoms with Crippen LogP contribution in [0, 0.1) is 5.82 Å². The molecule has 4 rings (SSSR count). The first-order chi connectivity index (χ1) is 14.0. The summed E-state index contributed by atoms with van der Waals surface area (Å²) in [4.78, 5) is 18.6. The van der Waals surface area contributed by atoms with Crippen molar-refractivity contribution in [1.29, 1.82) is 0 Å². The molecule has 9 heteroatoms. The molecule has 3 aromatic rings. The van der Waals surface area contributed by atoms with E-state index >= 15 is 0 Å². The molecule has 0 spiro atoms. The SMILES string of the molecule is COc1cc(OC)cc(N2CC(c3nc(-c4ccc(F)c(Cl)c4)no3)CC2=O)c1. The molecule has 0 aliphatic carbocycles. The highest BCUT2D eigenvalue weighted by molar-refractivity contribution is 6.31. The van der Waals surface area contributed by atoms with Gasteiger partial charge in [-0.25, -0.2) is 4.39 Å². The van der Waals surface area contributed by atoms with Crippen molar-refractivity contribution in [1.82, 2.24) is 10.1 Å². The third-order valence-corrected chi connectivity index (χ3v) is 5.03. The Balaban J connectivity index is 1.57. The molecular weight excluding hydrogens is 401 g/mol. The third kappa shape index (κ3) is 3.75. The molecule has 150 valence electrons. The zero-order valence-electron chi connectivity index (χ0n) is 15.7. The zero-order valence-corrected chi connectivity index (χ0v) is 16.4. The van der Waals surface area contributed by atoms with Gasteiger partial charge in [-0.05, 0) is 18.2 Å². The van der Waals surface area contributed by atoms with E-state index in [4.69, 9.17) is 25.6 Å². The number of amides is 1. The van der Waals surface area contributed by atoms with Crippen molar-refractivity contribution < 1.29 is 23.2 Å². The van der Waals surface area contributed by atoms with E-state index in [0.29, 0.717) is 35.2 Å². The van der Waals surface area contributed by atoms with Gasteiger partial charge in [0.1, 0.15) is 17.3 Å². The van der Waals surface area contributed by atoms with Crippen LogP contribution in [0.4, 0.5) is 10.1 Å². The maximum atomic E-state index is 13.4. The average Bonchev–Trinajstić information content (AvgIpc) is 3.36. The van der Waals surface area contributed by atoms with Crippen molar-refractivity contribution in [2.24, 2.45) is 0 Å². The number of carbonyl (C=O) groups excluding carboxylic acids is 1. The smallest absolute Gasteiger partial charge is 0.232 e. The quantitative estimate of drug-likeness (QED) is 0.622. The standard InChI is InChI=1S/C20H17ClFN3O4/c1-27-14-7-13(8-15(9-14)28-2)25-10-12(6-18(25)26)20-23-19(24-29-20)11-3-4-17(22)16(21)5-11/h3-5,7-9,12H,6,10H2,1-2H3. The predicted octanol–water partition coefficient (Wildman–Crippen LogP) is 4.07. The van der Waals surface area contributed by atoms with Crippen LogP contribution in [0.3, 0.4) is 0 Å². The van der Waals surface area contributed by atoms with Gasteiger partial charge in [0.15, 0.2) is 0 Å². The van der Waals surface area contributed by atoms with Crippen molar-refractivity contribution in [2.45, 2.75) is 12.3 Å². The van der Waals surface area contributed by atoms with E-state index in [2.05, 4.69) is 10.1 Å². The monoisotopic (exact) mass is 417 g/mol. The van der Waals surface area contributed by atoms with Crippen LogP contribution in [0.15, 0.2) is 40.9 Å². The molecule has 1 aliphatic heterocycles. The van der Waals surface area contributed by atoms with Crippen LogP contribution in [-0.2, 0) is 4.79 Å². The summed E-state index contributed by atoms with van der Waals surface area (Å²) in [5.41, 5.74) is 1.20. The summed E-state index contributed by atoms with van der Waals surface area (Å²) < 4.78 is 29.3. The second kappa shape index (κ2) is 7.71. The maximum Gasteiger partial charge on any atom is 0.232 e. The average molecular weight is 418 g/mol. The van der Waals surface area contributed by atoms with Crippen LogP contribution in [0.5, 0.6) is 11.5 Å². The molecule has 0 saturated carbocycles. The Hall–Kier alpha value is -3.13. The van der Waals surface area contributed by atoms with E-state index < -0.39 is 5.82 Å². The summed E-state index contributed by atoms with van der Waals surface area (Å²) in [5, 5.41) is 3.92. The number of hydrogen-bond donors (Lipinski definition) is 0. The number of carbonyl (C=O) groups is 1. The summed E-state index contributed by atoms with van der Waals surface area (Å²) in [7, 11) is 3.10. The summed E-state index contributed by atoms with van der Waals surface area (Å²) in [6, 6.07) is 9.46. The van der Waals surface area contributed by atoms with E-state index in [9.17, 15) is 9.18 Å². The minimum Gasteiger partial charge on any atom is -0.497 e. The molecular formula is C20H17ClFN3O4. The number of rotatable bonds is 5. The highest BCUT2D eigenvalue weighted by Crippen LogP contribution is 2.35. The van der Waals surface area contributed by atoms with Crippen LogP contribution >= 0.6 is 11.6 Å². The summed E-state index contributed by atoms with van der Waals surface area (Å²) in [5.74, 6) is 0.936. The number of halogens is 2. The van der Waals surface area contributed by atoms with E-state index in [1.165, 1.54) is 18.2 Å². The molecule has 29 heavy (non-hydrogen) atoms. The zero-order chi connectivity index (χ0) is 20.5. The van der Waals surface area contributed by atoms with Gasteiger partial charge in [0.2, 0.25) is 17.6 Å². The number of anilines is 1. The third-order valence-electron chi connectivity index (χ3n) is 4.74. The number of ether oxygens (including phenoxy) is 2. The lowest BCUT2D eigenvalue weighted by atomic mass is 10.1. The van der Waals surface area contributed by atoms with Crippen LogP contribution < -0.4 is 14.4 Å². The molecule has 2 aromatic carbocycles. The largest absolute Gasteiger partial charge is 0.497 e. The minimum atomic E-state index is -0.523. The van der Waals surface area contributed by atoms with Gasteiger partial charge in [0.25, 0.3) is 0 Å². The van der Waals surface area contributed by atoms with Gasteiger partial charge in [0.05, 0.1) is 30.8 Å². The summed E-state index contributed by atoms with van der Waals surface area (Å²) in [6.07, 6.45) is 0.228. The topological polar surface area (TPSA) is 77.7 Å². The second-order valence-electron chi connectivity index (χ2n) is 6.56.